The normalized spacial score (nSPS) is 19.2. The first-order valence-electron chi connectivity index (χ1n) is 8.76. The maximum Gasteiger partial charge on any atom is 0.191 e. The van der Waals surface area contributed by atoms with Crippen molar-refractivity contribution >= 4 is 29.9 Å². The number of rotatable bonds is 6. The average Bonchev–Trinajstić information content (AvgIpc) is 3.37. The van der Waals surface area contributed by atoms with Crippen LogP contribution in [0.3, 0.4) is 0 Å². The van der Waals surface area contributed by atoms with Crippen molar-refractivity contribution in [2.24, 2.45) is 4.99 Å². The van der Waals surface area contributed by atoms with E-state index in [-0.39, 0.29) is 24.0 Å². The fraction of sp³-hybridized carbons (Fsp3) is 0.611. The molecule has 6 heteroatoms. The van der Waals surface area contributed by atoms with Crippen molar-refractivity contribution < 1.29 is 5.11 Å². The SMILES string of the molecule is CCNC(=NCC(O)CN1CCc2ccccc2C1)NC1CC1.I. The minimum Gasteiger partial charge on any atom is -0.390 e. The molecular weight excluding hydrogens is 415 g/mol. The topological polar surface area (TPSA) is 59.9 Å². The van der Waals surface area contributed by atoms with E-state index < -0.39 is 6.10 Å². The van der Waals surface area contributed by atoms with Crippen molar-refractivity contribution in [1.29, 1.82) is 0 Å². The first-order valence-corrected chi connectivity index (χ1v) is 8.76. The number of benzene rings is 1. The molecule has 1 atom stereocenters. The van der Waals surface area contributed by atoms with E-state index in [4.69, 9.17) is 0 Å². The fourth-order valence-corrected chi connectivity index (χ4v) is 3.00. The maximum absolute atomic E-state index is 10.3. The molecule has 5 nitrogen and oxygen atoms in total. The minimum atomic E-state index is -0.421. The fourth-order valence-electron chi connectivity index (χ4n) is 3.00. The van der Waals surface area contributed by atoms with Crippen LogP contribution in [0, 0.1) is 0 Å². The lowest BCUT2D eigenvalue weighted by molar-refractivity contribution is 0.111. The van der Waals surface area contributed by atoms with Crippen LogP contribution >= 0.6 is 24.0 Å². The van der Waals surface area contributed by atoms with Crippen LogP contribution in [0.25, 0.3) is 0 Å². The van der Waals surface area contributed by atoms with E-state index in [1.54, 1.807) is 0 Å². The van der Waals surface area contributed by atoms with E-state index >= 15 is 0 Å². The predicted molar refractivity (Wildman–Crippen MR) is 109 cm³/mol. The molecule has 0 aromatic heterocycles. The lowest BCUT2D eigenvalue weighted by Crippen LogP contribution is -2.41. The lowest BCUT2D eigenvalue weighted by Gasteiger charge is -2.30. The van der Waals surface area contributed by atoms with Crippen LogP contribution < -0.4 is 10.6 Å². The van der Waals surface area contributed by atoms with E-state index in [1.165, 1.54) is 24.0 Å². The summed E-state index contributed by atoms with van der Waals surface area (Å²) in [5.41, 5.74) is 2.83. The largest absolute Gasteiger partial charge is 0.390 e. The highest BCUT2D eigenvalue weighted by Gasteiger charge is 2.22. The Bertz CT molecular complexity index is 548. The summed E-state index contributed by atoms with van der Waals surface area (Å²) >= 11 is 0. The summed E-state index contributed by atoms with van der Waals surface area (Å²) in [7, 11) is 0. The van der Waals surface area contributed by atoms with E-state index in [0.717, 1.165) is 32.0 Å². The molecule has 24 heavy (non-hydrogen) atoms. The monoisotopic (exact) mass is 444 g/mol. The van der Waals surface area contributed by atoms with E-state index in [1.807, 2.05) is 0 Å². The second-order valence-corrected chi connectivity index (χ2v) is 6.55. The number of nitrogens with one attached hydrogen (secondary N) is 2. The summed E-state index contributed by atoms with van der Waals surface area (Å²) in [6.07, 6.45) is 3.09. The van der Waals surface area contributed by atoms with Crippen LogP contribution in [-0.4, -0.2) is 54.3 Å². The van der Waals surface area contributed by atoms with Gasteiger partial charge in [0.15, 0.2) is 5.96 Å². The number of β-amino-alcohol motifs (C(OH)–C–C–N with tert-alkyl or cyclic N) is 1. The van der Waals surface area contributed by atoms with Crippen molar-refractivity contribution in [3.8, 4) is 0 Å². The molecule has 134 valence electrons. The molecule has 0 spiro atoms. The van der Waals surface area contributed by atoms with Gasteiger partial charge in [0.25, 0.3) is 0 Å². The Morgan fingerprint density at radius 3 is 2.79 bits per heavy atom. The van der Waals surface area contributed by atoms with E-state index in [0.29, 0.717) is 19.1 Å². The number of aliphatic hydroxyl groups is 1. The smallest absolute Gasteiger partial charge is 0.191 e. The zero-order valence-corrected chi connectivity index (χ0v) is 16.7. The minimum absolute atomic E-state index is 0. The van der Waals surface area contributed by atoms with Crippen molar-refractivity contribution in [1.82, 2.24) is 15.5 Å². The standard InChI is InChI=1S/C18H28N4O.HI/c1-2-19-18(21-16-7-8-16)20-11-17(23)13-22-10-9-14-5-3-4-6-15(14)12-22;/h3-6,16-17,23H,2,7-13H2,1H3,(H2,19,20,21);1H. The van der Waals surface area contributed by atoms with Crippen LogP contribution in [-0.2, 0) is 13.0 Å². The zero-order valence-electron chi connectivity index (χ0n) is 14.4. The third-order valence-electron chi connectivity index (χ3n) is 4.40. The quantitative estimate of drug-likeness (QED) is 0.356. The summed E-state index contributed by atoms with van der Waals surface area (Å²) in [6, 6.07) is 9.17. The molecule has 0 amide bonds. The van der Waals surface area contributed by atoms with Crippen molar-refractivity contribution in [2.45, 2.75) is 44.9 Å². The Hall–Kier alpha value is -0.860. The molecule has 0 bridgehead atoms. The van der Waals surface area contributed by atoms with Crippen molar-refractivity contribution in [2.75, 3.05) is 26.2 Å². The number of nitrogens with zero attached hydrogens (tertiary/aromatic N) is 2. The van der Waals surface area contributed by atoms with Gasteiger partial charge in [0.2, 0.25) is 0 Å². The second-order valence-electron chi connectivity index (χ2n) is 6.55. The van der Waals surface area contributed by atoms with Gasteiger partial charge < -0.3 is 15.7 Å². The Labute approximate surface area is 161 Å². The molecule has 0 saturated heterocycles. The zero-order chi connectivity index (χ0) is 16.1. The first-order chi connectivity index (χ1) is 11.2. The number of guanidine groups is 1. The highest BCUT2D eigenvalue weighted by molar-refractivity contribution is 14.0. The molecule has 1 heterocycles. The summed E-state index contributed by atoms with van der Waals surface area (Å²) in [5, 5.41) is 16.9. The summed E-state index contributed by atoms with van der Waals surface area (Å²) < 4.78 is 0. The summed E-state index contributed by atoms with van der Waals surface area (Å²) in [4.78, 5) is 6.84. The molecule has 3 rings (SSSR count). The Morgan fingerprint density at radius 1 is 1.33 bits per heavy atom. The molecule has 1 aromatic rings. The van der Waals surface area contributed by atoms with Gasteiger partial charge in [-0.25, -0.2) is 0 Å². The third kappa shape index (κ3) is 5.89. The highest BCUT2D eigenvalue weighted by atomic mass is 127. The molecule has 2 aliphatic rings. The molecule has 0 radical (unpaired) electrons. The number of hydrogen-bond acceptors (Lipinski definition) is 3. The lowest BCUT2D eigenvalue weighted by atomic mass is 10.00. The van der Waals surface area contributed by atoms with Gasteiger partial charge in [-0.15, -0.1) is 24.0 Å². The Kier molecular flexibility index (Phi) is 7.77. The second kappa shape index (κ2) is 9.58. The number of halogens is 1. The molecule has 1 unspecified atom stereocenters. The van der Waals surface area contributed by atoms with Crippen LogP contribution in [0.1, 0.15) is 30.9 Å². The summed E-state index contributed by atoms with van der Waals surface area (Å²) in [6.45, 7) is 5.97. The summed E-state index contributed by atoms with van der Waals surface area (Å²) in [5.74, 6) is 0.832. The maximum atomic E-state index is 10.3. The average molecular weight is 444 g/mol. The molecule has 1 aliphatic heterocycles. The molecule has 1 fully saturated rings. The van der Waals surface area contributed by atoms with Gasteiger partial charge in [-0.3, -0.25) is 9.89 Å². The van der Waals surface area contributed by atoms with Gasteiger partial charge in [0, 0.05) is 32.2 Å². The van der Waals surface area contributed by atoms with Crippen LogP contribution in [0.2, 0.25) is 0 Å². The van der Waals surface area contributed by atoms with Crippen molar-refractivity contribution in [3.63, 3.8) is 0 Å². The number of aliphatic imine (C=N–C) groups is 1. The van der Waals surface area contributed by atoms with Gasteiger partial charge >= 0.3 is 0 Å². The van der Waals surface area contributed by atoms with Gasteiger partial charge in [-0.1, -0.05) is 24.3 Å². The van der Waals surface area contributed by atoms with Gasteiger partial charge in [-0.05, 0) is 37.3 Å². The number of aliphatic hydroxyl groups excluding tert-OH is 1. The van der Waals surface area contributed by atoms with Gasteiger partial charge in [-0.2, -0.15) is 0 Å². The van der Waals surface area contributed by atoms with Gasteiger partial charge in [0.05, 0.1) is 12.6 Å². The third-order valence-corrected chi connectivity index (χ3v) is 4.40. The molecule has 1 aromatic carbocycles. The van der Waals surface area contributed by atoms with E-state index in [2.05, 4.69) is 51.7 Å². The van der Waals surface area contributed by atoms with Crippen LogP contribution in [0.15, 0.2) is 29.3 Å². The molecule has 1 saturated carbocycles. The molecule has 1 aliphatic carbocycles. The van der Waals surface area contributed by atoms with Crippen LogP contribution in [0.4, 0.5) is 0 Å². The highest BCUT2D eigenvalue weighted by Crippen LogP contribution is 2.19. The van der Waals surface area contributed by atoms with E-state index in [9.17, 15) is 5.11 Å². The van der Waals surface area contributed by atoms with Gasteiger partial charge in [0.1, 0.15) is 0 Å². The first kappa shape index (κ1) is 19.5. The van der Waals surface area contributed by atoms with Crippen LogP contribution in [0.5, 0.6) is 0 Å². The Morgan fingerprint density at radius 2 is 2.08 bits per heavy atom. The molecular formula is C18H29IN4O. The molecule has 3 N–H and O–H groups in total. The Balaban J connectivity index is 0.00000208. The predicted octanol–water partition coefficient (Wildman–Crippen LogP) is 1.74. The van der Waals surface area contributed by atoms with Crippen molar-refractivity contribution in [3.05, 3.63) is 35.4 Å². The number of hydrogen-bond donors (Lipinski definition) is 3. The number of fused-ring (bicyclic) bond motifs is 1.